The van der Waals surface area contributed by atoms with Crippen LogP contribution in [0.3, 0.4) is 0 Å². The largest absolute Gasteiger partial charge is 0.358 e. The number of halogens is 1. The lowest BCUT2D eigenvalue weighted by molar-refractivity contribution is -0.122. The highest BCUT2D eigenvalue weighted by Gasteiger charge is 2.26. The van der Waals surface area contributed by atoms with Crippen LogP contribution in [0.25, 0.3) is 0 Å². The van der Waals surface area contributed by atoms with E-state index < -0.39 is 0 Å². The van der Waals surface area contributed by atoms with Crippen LogP contribution in [0.1, 0.15) is 25.8 Å². The van der Waals surface area contributed by atoms with Gasteiger partial charge in [-0.15, -0.1) is 0 Å². The Morgan fingerprint density at radius 2 is 2.30 bits per heavy atom. The van der Waals surface area contributed by atoms with Crippen LogP contribution in [-0.2, 0) is 11.3 Å². The van der Waals surface area contributed by atoms with E-state index in [2.05, 4.69) is 50.5 Å². The van der Waals surface area contributed by atoms with Crippen molar-refractivity contribution in [3.8, 4) is 0 Å². The molecule has 1 aromatic carbocycles. The van der Waals surface area contributed by atoms with E-state index in [4.69, 9.17) is 0 Å². The number of amides is 1. The summed E-state index contributed by atoms with van der Waals surface area (Å²) in [5.41, 5.74) is 2.38. The average Bonchev–Trinajstić information content (AvgIpc) is 2.43. The molecule has 2 N–H and O–H groups in total. The summed E-state index contributed by atoms with van der Waals surface area (Å²) < 4.78 is 1.07. The first kappa shape index (κ1) is 15.3. The molecule has 4 nitrogen and oxygen atoms in total. The van der Waals surface area contributed by atoms with Gasteiger partial charge in [-0.1, -0.05) is 22.9 Å². The molecule has 1 fully saturated rings. The number of anilines is 1. The van der Waals surface area contributed by atoms with Gasteiger partial charge in [0.25, 0.3) is 0 Å². The van der Waals surface area contributed by atoms with Crippen LogP contribution in [0.2, 0.25) is 0 Å². The van der Waals surface area contributed by atoms with E-state index in [9.17, 15) is 4.79 Å². The third kappa shape index (κ3) is 3.52. The molecule has 20 heavy (non-hydrogen) atoms. The van der Waals surface area contributed by atoms with Crippen LogP contribution >= 0.6 is 15.9 Å². The van der Waals surface area contributed by atoms with Gasteiger partial charge in [0.05, 0.1) is 0 Å². The number of rotatable bonds is 5. The van der Waals surface area contributed by atoms with Gasteiger partial charge >= 0.3 is 0 Å². The Morgan fingerprint density at radius 3 is 3.05 bits per heavy atom. The Hall–Kier alpha value is -1.07. The van der Waals surface area contributed by atoms with Crippen LogP contribution in [0, 0.1) is 0 Å². The molecule has 1 saturated heterocycles. The topological polar surface area (TPSA) is 44.4 Å². The number of piperazine rings is 1. The second kappa shape index (κ2) is 7.09. The minimum atomic E-state index is -0.116. The molecule has 0 bridgehead atoms. The van der Waals surface area contributed by atoms with Gasteiger partial charge in [-0.25, -0.2) is 0 Å². The molecule has 1 heterocycles. The summed E-state index contributed by atoms with van der Waals surface area (Å²) in [6, 6.07) is 6.16. The monoisotopic (exact) mass is 339 g/mol. The van der Waals surface area contributed by atoms with E-state index in [1.54, 1.807) is 0 Å². The highest BCUT2D eigenvalue weighted by molar-refractivity contribution is 9.10. The number of carbonyl (C=O) groups excluding carboxylic acids is 1. The minimum Gasteiger partial charge on any atom is -0.358 e. The van der Waals surface area contributed by atoms with Crippen molar-refractivity contribution in [1.29, 1.82) is 0 Å². The molecule has 5 heteroatoms. The smallest absolute Gasteiger partial charge is 0.242 e. The molecular weight excluding hydrogens is 318 g/mol. The van der Waals surface area contributed by atoms with Gasteiger partial charge in [0, 0.05) is 29.8 Å². The maximum atomic E-state index is 11.8. The van der Waals surface area contributed by atoms with E-state index in [-0.39, 0.29) is 11.9 Å². The molecule has 1 aliphatic rings. The number of carbonyl (C=O) groups is 1. The molecule has 110 valence electrons. The lowest BCUT2D eigenvalue weighted by Gasteiger charge is -2.36. The standard InChI is InChI=1S/C15H22BrN3O/c1-3-6-17-10-12-9-13(16)4-5-14(12)19-8-7-18-15(20)11(19)2/h4-5,9,11,17H,3,6-8,10H2,1-2H3,(H,18,20). The van der Waals surface area contributed by atoms with Crippen molar-refractivity contribution in [1.82, 2.24) is 10.6 Å². The second-order valence-electron chi connectivity index (χ2n) is 5.11. The van der Waals surface area contributed by atoms with Crippen molar-refractivity contribution in [2.75, 3.05) is 24.5 Å². The predicted molar refractivity (Wildman–Crippen MR) is 86.0 cm³/mol. The number of nitrogens with one attached hydrogen (secondary N) is 2. The van der Waals surface area contributed by atoms with Crippen molar-refractivity contribution in [2.45, 2.75) is 32.9 Å². The summed E-state index contributed by atoms with van der Waals surface area (Å²) >= 11 is 3.53. The maximum absolute atomic E-state index is 11.8. The van der Waals surface area contributed by atoms with Crippen molar-refractivity contribution in [3.63, 3.8) is 0 Å². The van der Waals surface area contributed by atoms with Gasteiger partial charge in [0.15, 0.2) is 0 Å². The van der Waals surface area contributed by atoms with Gasteiger partial charge in [-0.3, -0.25) is 4.79 Å². The number of nitrogens with zero attached hydrogens (tertiary/aromatic N) is 1. The first-order valence-electron chi connectivity index (χ1n) is 7.17. The highest BCUT2D eigenvalue weighted by Crippen LogP contribution is 2.27. The SMILES string of the molecule is CCCNCc1cc(Br)ccc1N1CCNC(=O)C1C. The molecule has 0 saturated carbocycles. The first-order valence-corrected chi connectivity index (χ1v) is 7.96. The van der Waals surface area contributed by atoms with Crippen molar-refractivity contribution >= 4 is 27.5 Å². The fraction of sp³-hybridized carbons (Fsp3) is 0.533. The normalized spacial score (nSPS) is 19.1. The molecule has 1 unspecified atom stereocenters. The van der Waals surface area contributed by atoms with E-state index >= 15 is 0 Å². The van der Waals surface area contributed by atoms with E-state index in [1.807, 2.05) is 13.0 Å². The number of hydrogen-bond donors (Lipinski definition) is 2. The molecule has 2 rings (SSSR count). The van der Waals surface area contributed by atoms with Gasteiger partial charge in [-0.05, 0) is 43.7 Å². The molecule has 1 aromatic rings. The molecule has 0 aliphatic carbocycles. The van der Waals surface area contributed by atoms with Crippen LogP contribution < -0.4 is 15.5 Å². The Balaban J connectivity index is 2.22. The summed E-state index contributed by atoms with van der Waals surface area (Å²) in [6.45, 7) is 7.51. The van der Waals surface area contributed by atoms with Crippen molar-refractivity contribution in [2.24, 2.45) is 0 Å². The minimum absolute atomic E-state index is 0.103. The third-order valence-corrected chi connectivity index (χ3v) is 4.09. The first-order chi connectivity index (χ1) is 9.63. The van der Waals surface area contributed by atoms with Crippen LogP contribution in [0.15, 0.2) is 22.7 Å². The molecule has 0 aromatic heterocycles. The lowest BCUT2D eigenvalue weighted by atomic mass is 10.1. The molecule has 1 aliphatic heterocycles. The zero-order chi connectivity index (χ0) is 14.5. The second-order valence-corrected chi connectivity index (χ2v) is 6.03. The zero-order valence-electron chi connectivity index (χ0n) is 12.1. The zero-order valence-corrected chi connectivity index (χ0v) is 13.7. The van der Waals surface area contributed by atoms with Gasteiger partial charge in [-0.2, -0.15) is 0 Å². The van der Waals surface area contributed by atoms with Crippen LogP contribution in [0.5, 0.6) is 0 Å². The van der Waals surface area contributed by atoms with E-state index in [0.717, 1.165) is 36.2 Å². The van der Waals surface area contributed by atoms with E-state index in [1.165, 1.54) is 5.56 Å². The summed E-state index contributed by atoms with van der Waals surface area (Å²) in [6.07, 6.45) is 1.12. The molecule has 0 radical (unpaired) electrons. The number of benzene rings is 1. The van der Waals surface area contributed by atoms with E-state index in [0.29, 0.717) is 6.54 Å². The fourth-order valence-electron chi connectivity index (χ4n) is 2.49. The number of hydrogen-bond acceptors (Lipinski definition) is 3. The molecule has 0 spiro atoms. The lowest BCUT2D eigenvalue weighted by Crippen LogP contribution is -2.54. The molecule has 1 atom stereocenters. The summed E-state index contributed by atoms with van der Waals surface area (Å²) in [5.74, 6) is 0.103. The Kier molecular flexibility index (Phi) is 5.43. The molecular formula is C15H22BrN3O. The Labute approximate surface area is 129 Å². The summed E-state index contributed by atoms with van der Waals surface area (Å²) in [5, 5.41) is 6.35. The highest BCUT2D eigenvalue weighted by atomic mass is 79.9. The third-order valence-electron chi connectivity index (χ3n) is 3.59. The van der Waals surface area contributed by atoms with Crippen molar-refractivity contribution < 1.29 is 4.79 Å². The predicted octanol–water partition coefficient (Wildman–Crippen LogP) is 2.27. The quantitative estimate of drug-likeness (QED) is 0.809. The van der Waals surface area contributed by atoms with Crippen LogP contribution in [0.4, 0.5) is 5.69 Å². The van der Waals surface area contributed by atoms with Gasteiger partial charge in [0.2, 0.25) is 5.91 Å². The Bertz CT molecular complexity index is 478. The van der Waals surface area contributed by atoms with Gasteiger partial charge in [0.1, 0.15) is 6.04 Å². The average molecular weight is 340 g/mol. The Morgan fingerprint density at radius 1 is 1.50 bits per heavy atom. The molecule has 1 amide bonds. The summed E-state index contributed by atoms with van der Waals surface area (Å²) in [4.78, 5) is 14.0. The fourth-order valence-corrected chi connectivity index (χ4v) is 2.90. The summed E-state index contributed by atoms with van der Waals surface area (Å²) in [7, 11) is 0. The van der Waals surface area contributed by atoms with Gasteiger partial charge < -0.3 is 15.5 Å². The van der Waals surface area contributed by atoms with Crippen LogP contribution in [-0.4, -0.2) is 31.6 Å². The maximum Gasteiger partial charge on any atom is 0.242 e. The van der Waals surface area contributed by atoms with Crippen molar-refractivity contribution in [3.05, 3.63) is 28.2 Å².